The zero-order valence-corrected chi connectivity index (χ0v) is 25.3. The van der Waals surface area contributed by atoms with Crippen LogP contribution in [0.5, 0.6) is 0 Å². The molecular formula is C33H38FN5O5. The number of fused-ring (bicyclic) bond motifs is 3. The summed E-state index contributed by atoms with van der Waals surface area (Å²) in [5.74, 6) is -2.15. The molecule has 2 aromatic carbocycles. The fourth-order valence-corrected chi connectivity index (χ4v) is 5.81. The SMILES string of the molecule is Cc1onc(-c2ccccc2)c1C(=O)N1CC(=O)NCCCc2ccc(F)c(c2)C(=O)N2CCC[C@H]2C(=O)N[C@H](C(C)C)C1. The van der Waals surface area contributed by atoms with Crippen LogP contribution in [-0.2, 0) is 16.0 Å². The smallest absolute Gasteiger partial charge is 0.260 e. The second kappa shape index (κ2) is 13.4. The average Bonchev–Trinajstić information content (AvgIpc) is 3.66. The summed E-state index contributed by atoms with van der Waals surface area (Å²) < 4.78 is 20.3. The fraction of sp³-hybridized carbons (Fsp3) is 0.424. The molecule has 1 aromatic heterocycles. The summed E-state index contributed by atoms with van der Waals surface area (Å²) in [6.07, 6.45) is 2.10. The highest BCUT2D eigenvalue weighted by Gasteiger charge is 2.37. The van der Waals surface area contributed by atoms with Crippen molar-refractivity contribution in [2.75, 3.05) is 26.2 Å². The second-order valence-corrected chi connectivity index (χ2v) is 11.8. The van der Waals surface area contributed by atoms with Crippen molar-refractivity contribution < 1.29 is 28.1 Å². The highest BCUT2D eigenvalue weighted by atomic mass is 19.1. The van der Waals surface area contributed by atoms with Gasteiger partial charge in [0, 0.05) is 31.2 Å². The molecule has 0 spiro atoms. The maximum atomic E-state index is 14.8. The molecule has 4 amide bonds. The van der Waals surface area contributed by atoms with Crippen LogP contribution in [0.15, 0.2) is 53.1 Å². The Kier molecular flexibility index (Phi) is 9.41. The summed E-state index contributed by atoms with van der Waals surface area (Å²) in [7, 11) is 0. The predicted octanol–water partition coefficient (Wildman–Crippen LogP) is 3.74. The molecule has 2 aliphatic heterocycles. The van der Waals surface area contributed by atoms with Crippen molar-refractivity contribution >= 4 is 23.6 Å². The lowest BCUT2D eigenvalue weighted by Gasteiger charge is -2.32. The molecule has 1 fully saturated rings. The minimum Gasteiger partial charge on any atom is -0.360 e. The molecule has 5 rings (SSSR count). The van der Waals surface area contributed by atoms with Gasteiger partial charge in [0.05, 0.1) is 12.1 Å². The first-order valence-electron chi connectivity index (χ1n) is 15.1. The van der Waals surface area contributed by atoms with E-state index in [-0.39, 0.29) is 41.9 Å². The van der Waals surface area contributed by atoms with Crippen LogP contribution in [0.3, 0.4) is 0 Å². The Hall–Kier alpha value is -4.54. The number of nitrogens with one attached hydrogen (secondary N) is 2. The number of nitrogens with zero attached hydrogens (tertiary/aromatic N) is 3. The molecule has 0 saturated carbocycles. The van der Waals surface area contributed by atoms with Crippen molar-refractivity contribution in [3.63, 3.8) is 0 Å². The lowest BCUT2D eigenvalue weighted by molar-refractivity contribution is -0.126. The normalized spacial score (nSPS) is 20.2. The van der Waals surface area contributed by atoms with Crippen LogP contribution >= 0.6 is 0 Å². The third-order valence-electron chi connectivity index (χ3n) is 8.34. The summed E-state index contributed by atoms with van der Waals surface area (Å²) in [6.45, 7) is 5.92. The van der Waals surface area contributed by atoms with Crippen LogP contribution in [-0.4, -0.2) is 76.8 Å². The third kappa shape index (κ3) is 6.66. The standard InChI is InChI=1S/C33H38FN5O5/c1-20(2)26-18-38(33(43)29-21(3)44-37-30(29)23-10-5-4-6-11-23)19-28(40)35-15-7-9-22-13-14-25(34)24(17-22)32(42)39-16-8-12-27(39)31(41)36-26/h4-6,10-11,13-14,17,20,26-27H,7-9,12,15-16,18-19H2,1-3H3,(H,35,40)(H,36,41)/t26-,27-/m0/s1. The zero-order valence-electron chi connectivity index (χ0n) is 25.3. The lowest BCUT2D eigenvalue weighted by Crippen LogP contribution is -2.55. The number of benzene rings is 2. The highest BCUT2D eigenvalue weighted by molar-refractivity contribution is 6.02. The molecule has 0 aliphatic carbocycles. The molecule has 44 heavy (non-hydrogen) atoms. The van der Waals surface area contributed by atoms with Gasteiger partial charge in [-0.25, -0.2) is 4.39 Å². The van der Waals surface area contributed by atoms with Crippen LogP contribution in [0.2, 0.25) is 0 Å². The maximum absolute atomic E-state index is 14.8. The van der Waals surface area contributed by atoms with Crippen molar-refractivity contribution in [2.45, 2.75) is 58.5 Å². The number of rotatable bonds is 3. The van der Waals surface area contributed by atoms with Gasteiger partial charge in [0.25, 0.3) is 11.8 Å². The Morgan fingerprint density at radius 3 is 2.61 bits per heavy atom. The highest BCUT2D eigenvalue weighted by Crippen LogP contribution is 2.27. The van der Waals surface area contributed by atoms with Crippen molar-refractivity contribution in [1.29, 1.82) is 0 Å². The average molecular weight is 604 g/mol. The van der Waals surface area contributed by atoms with E-state index in [4.69, 9.17) is 4.52 Å². The third-order valence-corrected chi connectivity index (χ3v) is 8.34. The van der Waals surface area contributed by atoms with E-state index in [1.165, 1.54) is 21.9 Å². The van der Waals surface area contributed by atoms with Crippen LogP contribution in [0.25, 0.3) is 11.3 Å². The van der Waals surface area contributed by atoms with Gasteiger partial charge >= 0.3 is 0 Å². The molecule has 2 atom stereocenters. The van der Waals surface area contributed by atoms with Gasteiger partial charge < -0.3 is 25.0 Å². The van der Waals surface area contributed by atoms with Crippen molar-refractivity contribution in [3.8, 4) is 11.3 Å². The number of carbonyl (C=O) groups is 4. The van der Waals surface area contributed by atoms with Gasteiger partial charge in [0.15, 0.2) is 0 Å². The quantitative estimate of drug-likeness (QED) is 0.470. The van der Waals surface area contributed by atoms with E-state index in [0.29, 0.717) is 55.8 Å². The second-order valence-electron chi connectivity index (χ2n) is 11.8. The van der Waals surface area contributed by atoms with Gasteiger partial charge in [0.1, 0.15) is 28.9 Å². The van der Waals surface area contributed by atoms with Gasteiger partial charge in [-0.3, -0.25) is 19.2 Å². The molecular weight excluding hydrogens is 565 g/mol. The largest absolute Gasteiger partial charge is 0.360 e. The first-order valence-corrected chi connectivity index (χ1v) is 15.1. The molecule has 3 aromatic rings. The lowest BCUT2D eigenvalue weighted by atomic mass is 10.0. The van der Waals surface area contributed by atoms with E-state index >= 15 is 0 Å². The number of hydrogen-bond donors (Lipinski definition) is 2. The van der Waals surface area contributed by atoms with E-state index in [1.54, 1.807) is 13.0 Å². The minimum absolute atomic E-state index is 0.0323. The Balaban J connectivity index is 1.48. The monoisotopic (exact) mass is 603 g/mol. The molecule has 11 heteroatoms. The fourth-order valence-electron chi connectivity index (χ4n) is 5.81. The summed E-state index contributed by atoms with van der Waals surface area (Å²) in [5.41, 5.74) is 2.00. The first-order chi connectivity index (χ1) is 21.1. The van der Waals surface area contributed by atoms with Gasteiger partial charge in [0.2, 0.25) is 11.8 Å². The van der Waals surface area contributed by atoms with E-state index in [2.05, 4.69) is 15.8 Å². The molecule has 3 heterocycles. The minimum atomic E-state index is -0.778. The predicted molar refractivity (Wildman–Crippen MR) is 161 cm³/mol. The summed E-state index contributed by atoms with van der Waals surface area (Å²) in [4.78, 5) is 57.4. The van der Waals surface area contributed by atoms with Gasteiger partial charge in [-0.1, -0.05) is 55.4 Å². The molecule has 232 valence electrons. The van der Waals surface area contributed by atoms with E-state index in [9.17, 15) is 23.6 Å². The van der Waals surface area contributed by atoms with Gasteiger partial charge in [-0.15, -0.1) is 0 Å². The number of hydrogen-bond acceptors (Lipinski definition) is 6. The van der Waals surface area contributed by atoms with E-state index in [0.717, 1.165) is 5.56 Å². The van der Waals surface area contributed by atoms with Crippen LogP contribution < -0.4 is 10.6 Å². The molecule has 2 aliphatic rings. The van der Waals surface area contributed by atoms with Crippen LogP contribution in [0, 0.1) is 18.7 Å². The topological polar surface area (TPSA) is 125 Å². The Morgan fingerprint density at radius 1 is 1.09 bits per heavy atom. The Labute approximate surface area is 255 Å². The number of aryl methyl sites for hydroxylation is 2. The van der Waals surface area contributed by atoms with Crippen molar-refractivity contribution in [1.82, 2.24) is 25.6 Å². The van der Waals surface area contributed by atoms with Crippen LogP contribution in [0.1, 0.15) is 65.1 Å². The molecule has 2 N–H and O–H groups in total. The first kappa shape index (κ1) is 30.9. The van der Waals surface area contributed by atoms with Gasteiger partial charge in [-0.05, 0) is 56.2 Å². The van der Waals surface area contributed by atoms with E-state index in [1.807, 2.05) is 44.2 Å². The summed E-state index contributed by atoms with van der Waals surface area (Å²) in [5, 5.41) is 10.1. The zero-order chi connectivity index (χ0) is 31.4. The number of amides is 4. The van der Waals surface area contributed by atoms with Gasteiger partial charge in [-0.2, -0.15) is 0 Å². The molecule has 10 nitrogen and oxygen atoms in total. The summed E-state index contributed by atoms with van der Waals surface area (Å²) in [6, 6.07) is 12.3. The molecule has 0 radical (unpaired) electrons. The summed E-state index contributed by atoms with van der Waals surface area (Å²) >= 11 is 0. The molecule has 1 saturated heterocycles. The number of aromatic nitrogens is 1. The van der Waals surface area contributed by atoms with Crippen LogP contribution in [0.4, 0.5) is 4.39 Å². The number of carbonyl (C=O) groups excluding carboxylic acids is 4. The Morgan fingerprint density at radius 2 is 1.86 bits per heavy atom. The number of halogens is 1. The maximum Gasteiger partial charge on any atom is 0.260 e. The molecule has 2 bridgehead atoms. The molecule has 0 unspecified atom stereocenters. The van der Waals surface area contributed by atoms with Crippen molar-refractivity contribution in [3.05, 3.63) is 76.8 Å². The Bertz CT molecular complexity index is 1540. The van der Waals surface area contributed by atoms with E-state index < -0.39 is 29.7 Å². The van der Waals surface area contributed by atoms with Crippen molar-refractivity contribution in [2.24, 2.45) is 5.92 Å².